The highest BCUT2D eigenvalue weighted by Crippen LogP contribution is 2.45. The molecule has 0 N–H and O–H groups in total. The van der Waals surface area contributed by atoms with Crippen molar-refractivity contribution in [3.05, 3.63) is 59.3 Å². The molecule has 3 aromatic rings. The van der Waals surface area contributed by atoms with Crippen LogP contribution in [0, 0.1) is 6.92 Å². The third-order valence-corrected chi connectivity index (χ3v) is 4.92. The molecule has 0 aliphatic heterocycles. The van der Waals surface area contributed by atoms with Gasteiger partial charge in [-0.15, -0.1) is 0 Å². The van der Waals surface area contributed by atoms with Crippen molar-refractivity contribution in [1.29, 1.82) is 0 Å². The van der Waals surface area contributed by atoms with Crippen LogP contribution in [-0.2, 0) is 5.41 Å². The fraction of sp³-hybridized carbons (Fsp3) is 0.381. The van der Waals surface area contributed by atoms with E-state index in [9.17, 15) is 0 Å². The van der Waals surface area contributed by atoms with Crippen molar-refractivity contribution >= 4 is 10.9 Å². The van der Waals surface area contributed by atoms with Gasteiger partial charge < -0.3 is 0 Å². The Morgan fingerprint density at radius 2 is 1.74 bits per heavy atom. The Morgan fingerprint density at radius 1 is 1.00 bits per heavy atom. The number of fused-ring (bicyclic) bond motifs is 1. The normalized spacial score (nSPS) is 15.3. The summed E-state index contributed by atoms with van der Waals surface area (Å²) in [5, 5.41) is 6.19. The number of rotatable bonds is 2. The van der Waals surface area contributed by atoms with Crippen LogP contribution in [0.15, 0.2) is 42.5 Å². The van der Waals surface area contributed by atoms with Crippen molar-refractivity contribution in [2.45, 2.75) is 51.9 Å². The largest absolute Gasteiger partial charge is 0.236 e. The molecule has 2 nitrogen and oxygen atoms in total. The smallest absolute Gasteiger partial charge is 0.0930 e. The molecule has 2 heteroatoms. The first kappa shape index (κ1) is 14.5. The lowest BCUT2D eigenvalue weighted by Crippen LogP contribution is -2.17. The summed E-state index contributed by atoms with van der Waals surface area (Å²) in [5.41, 5.74) is 6.59. The van der Waals surface area contributed by atoms with Gasteiger partial charge in [0.2, 0.25) is 0 Å². The first-order chi connectivity index (χ1) is 11.0. The zero-order valence-corrected chi connectivity index (χ0v) is 14.4. The summed E-state index contributed by atoms with van der Waals surface area (Å²) in [6, 6.07) is 15.2. The van der Waals surface area contributed by atoms with Gasteiger partial charge in [0, 0.05) is 11.1 Å². The van der Waals surface area contributed by atoms with Gasteiger partial charge in [-0.3, -0.25) is 0 Å². The van der Waals surface area contributed by atoms with E-state index in [4.69, 9.17) is 5.10 Å². The summed E-state index contributed by atoms with van der Waals surface area (Å²) in [7, 11) is 0. The maximum atomic E-state index is 4.94. The number of aromatic nitrogens is 2. The molecule has 0 saturated heterocycles. The van der Waals surface area contributed by atoms with Crippen molar-refractivity contribution < 1.29 is 0 Å². The Labute approximate surface area is 138 Å². The van der Waals surface area contributed by atoms with Crippen LogP contribution in [-0.4, -0.2) is 9.78 Å². The van der Waals surface area contributed by atoms with E-state index < -0.39 is 0 Å². The van der Waals surface area contributed by atoms with Crippen LogP contribution in [0.3, 0.4) is 0 Å². The first-order valence-corrected chi connectivity index (χ1v) is 8.55. The monoisotopic (exact) mass is 304 g/mol. The molecule has 0 bridgehead atoms. The quantitative estimate of drug-likeness (QED) is 0.610. The van der Waals surface area contributed by atoms with Crippen molar-refractivity contribution in [3.63, 3.8) is 0 Å². The van der Waals surface area contributed by atoms with E-state index in [0.29, 0.717) is 5.92 Å². The van der Waals surface area contributed by atoms with Crippen LogP contribution in [0.5, 0.6) is 0 Å². The zero-order valence-electron chi connectivity index (χ0n) is 14.4. The number of nitrogens with zero attached hydrogens (tertiary/aromatic N) is 2. The van der Waals surface area contributed by atoms with Crippen LogP contribution in [0.25, 0.3) is 16.6 Å². The number of hydrogen-bond acceptors (Lipinski definition) is 1. The molecule has 118 valence electrons. The molecule has 0 unspecified atom stereocenters. The molecule has 2 aromatic carbocycles. The van der Waals surface area contributed by atoms with E-state index in [2.05, 4.69) is 74.8 Å². The fourth-order valence-electron chi connectivity index (χ4n) is 3.51. The Morgan fingerprint density at radius 3 is 2.39 bits per heavy atom. The van der Waals surface area contributed by atoms with Gasteiger partial charge in [0.15, 0.2) is 0 Å². The average molecular weight is 304 g/mol. The maximum Gasteiger partial charge on any atom is 0.0930 e. The second-order valence-corrected chi connectivity index (χ2v) is 7.78. The van der Waals surface area contributed by atoms with Gasteiger partial charge in [0.1, 0.15) is 0 Å². The predicted octanol–water partition coefficient (Wildman–Crippen LogP) is 5.51. The Kier molecular flexibility index (Phi) is 3.12. The van der Waals surface area contributed by atoms with Crippen molar-refractivity contribution in [2.24, 2.45) is 0 Å². The van der Waals surface area contributed by atoms with Gasteiger partial charge >= 0.3 is 0 Å². The molecule has 1 aliphatic rings. The summed E-state index contributed by atoms with van der Waals surface area (Å²) in [6.07, 6.45) is 2.61. The van der Waals surface area contributed by atoms with Crippen LogP contribution < -0.4 is 0 Å². The highest BCUT2D eigenvalue weighted by Gasteiger charge is 2.31. The molecular formula is C21H24N2. The van der Waals surface area contributed by atoms with Crippen molar-refractivity contribution in [1.82, 2.24) is 9.78 Å². The lowest BCUT2D eigenvalue weighted by molar-refractivity contribution is 0.581. The molecule has 0 atom stereocenters. The van der Waals surface area contributed by atoms with E-state index in [1.807, 2.05) is 0 Å². The predicted molar refractivity (Wildman–Crippen MR) is 96.5 cm³/mol. The van der Waals surface area contributed by atoms with E-state index in [1.54, 1.807) is 0 Å². The van der Waals surface area contributed by atoms with Crippen molar-refractivity contribution in [3.8, 4) is 5.69 Å². The SMILES string of the molecule is Cc1c2ccccc2nn1-c1c(C2CC2)cccc1C(C)(C)C. The number of aryl methyl sites for hydroxylation is 1. The highest BCUT2D eigenvalue weighted by molar-refractivity contribution is 5.82. The maximum absolute atomic E-state index is 4.94. The van der Waals surface area contributed by atoms with Crippen LogP contribution in [0.2, 0.25) is 0 Å². The summed E-state index contributed by atoms with van der Waals surface area (Å²) < 4.78 is 2.19. The third kappa shape index (κ3) is 2.37. The molecular weight excluding hydrogens is 280 g/mol. The molecule has 1 heterocycles. The van der Waals surface area contributed by atoms with Gasteiger partial charge in [-0.2, -0.15) is 5.10 Å². The summed E-state index contributed by atoms with van der Waals surface area (Å²) in [4.78, 5) is 0. The molecule has 0 spiro atoms. The van der Waals surface area contributed by atoms with Crippen molar-refractivity contribution in [2.75, 3.05) is 0 Å². The van der Waals surface area contributed by atoms with E-state index in [1.165, 1.54) is 40.7 Å². The molecule has 1 aromatic heterocycles. The van der Waals surface area contributed by atoms with E-state index >= 15 is 0 Å². The van der Waals surface area contributed by atoms with Crippen LogP contribution >= 0.6 is 0 Å². The molecule has 23 heavy (non-hydrogen) atoms. The number of hydrogen-bond donors (Lipinski definition) is 0. The van der Waals surface area contributed by atoms with E-state index in [-0.39, 0.29) is 5.41 Å². The summed E-state index contributed by atoms with van der Waals surface area (Å²) >= 11 is 0. The van der Waals surface area contributed by atoms with Gasteiger partial charge in [-0.1, -0.05) is 57.2 Å². The standard InChI is InChI=1S/C21H24N2/c1-14-16-8-5-6-11-19(16)22-23(14)20-17(15-12-13-15)9-7-10-18(20)21(2,3)4/h5-11,15H,12-13H2,1-4H3. The number of para-hydroxylation sites is 1. The van der Waals surface area contributed by atoms with Gasteiger partial charge in [0.05, 0.1) is 11.2 Å². The van der Waals surface area contributed by atoms with Gasteiger partial charge in [-0.25, -0.2) is 4.68 Å². The molecule has 1 fully saturated rings. The Balaban J connectivity index is 2.04. The second kappa shape index (κ2) is 4.95. The average Bonchev–Trinajstić information content (AvgIpc) is 3.31. The minimum atomic E-state index is 0.102. The fourth-order valence-corrected chi connectivity index (χ4v) is 3.51. The molecule has 1 saturated carbocycles. The molecule has 0 amide bonds. The number of benzene rings is 2. The minimum Gasteiger partial charge on any atom is -0.236 e. The van der Waals surface area contributed by atoms with E-state index in [0.717, 1.165) is 5.52 Å². The highest BCUT2D eigenvalue weighted by atomic mass is 15.3. The molecule has 1 aliphatic carbocycles. The third-order valence-electron chi connectivity index (χ3n) is 4.92. The van der Waals surface area contributed by atoms with Crippen LogP contribution in [0.1, 0.15) is 56.4 Å². The lowest BCUT2D eigenvalue weighted by atomic mass is 9.84. The Bertz CT molecular complexity index is 876. The summed E-state index contributed by atoms with van der Waals surface area (Å²) in [6.45, 7) is 9.06. The Hall–Kier alpha value is -2.09. The topological polar surface area (TPSA) is 17.8 Å². The first-order valence-electron chi connectivity index (χ1n) is 8.55. The minimum absolute atomic E-state index is 0.102. The lowest BCUT2D eigenvalue weighted by Gasteiger charge is -2.25. The zero-order chi connectivity index (χ0) is 16.2. The molecule has 0 radical (unpaired) electrons. The summed E-state index contributed by atoms with van der Waals surface area (Å²) in [5.74, 6) is 0.707. The second-order valence-electron chi connectivity index (χ2n) is 7.78. The van der Waals surface area contributed by atoms with Gasteiger partial charge in [-0.05, 0) is 48.3 Å². The molecule has 4 rings (SSSR count). The van der Waals surface area contributed by atoms with Gasteiger partial charge in [0.25, 0.3) is 0 Å². The van der Waals surface area contributed by atoms with Crippen LogP contribution in [0.4, 0.5) is 0 Å².